The van der Waals surface area contributed by atoms with Crippen molar-refractivity contribution in [3.05, 3.63) is 34.4 Å². The first-order valence-electron chi connectivity index (χ1n) is 5.49. The van der Waals surface area contributed by atoms with E-state index in [2.05, 4.69) is 23.8 Å². The summed E-state index contributed by atoms with van der Waals surface area (Å²) >= 11 is 0. The van der Waals surface area contributed by atoms with Crippen LogP contribution in [0.25, 0.3) is 11.2 Å². The van der Waals surface area contributed by atoms with Crippen molar-refractivity contribution < 1.29 is 0 Å². The van der Waals surface area contributed by atoms with Crippen molar-refractivity contribution >= 4 is 11.2 Å². The van der Waals surface area contributed by atoms with Gasteiger partial charge < -0.3 is 4.57 Å². The van der Waals surface area contributed by atoms with Crippen LogP contribution < -0.4 is 5.56 Å². The summed E-state index contributed by atoms with van der Waals surface area (Å²) in [4.78, 5) is 19.9. The summed E-state index contributed by atoms with van der Waals surface area (Å²) in [6.45, 7) is 6.80. The average molecular weight is 217 g/mol. The van der Waals surface area contributed by atoms with E-state index in [-0.39, 0.29) is 5.56 Å². The molecule has 4 nitrogen and oxygen atoms in total. The molecule has 16 heavy (non-hydrogen) atoms. The topological polar surface area (TPSA) is 47.8 Å². The first-order valence-corrected chi connectivity index (χ1v) is 5.49. The number of aromatic nitrogens is 3. The average Bonchev–Trinajstić information content (AvgIpc) is 2.28. The second-order valence-corrected chi connectivity index (χ2v) is 4.11. The van der Waals surface area contributed by atoms with E-state index in [4.69, 9.17) is 0 Å². The van der Waals surface area contributed by atoms with E-state index in [1.807, 2.05) is 19.2 Å². The largest absolute Gasteiger partial charge is 0.304 e. The second kappa shape index (κ2) is 4.04. The maximum Gasteiger partial charge on any atom is 0.269 e. The zero-order valence-corrected chi connectivity index (χ0v) is 9.77. The molecule has 2 rings (SSSR count). The van der Waals surface area contributed by atoms with Crippen molar-refractivity contribution in [2.24, 2.45) is 0 Å². The lowest BCUT2D eigenvalue weighted by Gasteiger charge is -2.09. The van der Waals surface area contributed by atoms with E-state index in [0.717, 1.165) is 11.1 Å². The minimum absolute atomic E-state index is 0.0716. The molecule has 0 fully saturated rings. The Kier molecular flexibility index (Phi) is 2.73. The van der Waals surface area contributed by atoms with Gasteiger partial charge in [0.25, 0.3) is 5.56 Å². The van der Waals surface area contributed by atoms with Crippen molar-refractivity contribution in [3.63, 3.8) is 0 Å². The molecule has 0 amide bonds. The molecule has 4 heteroatoms. The van der Waals surface area contributed by atoms with Gasteiger partial charge in [0.05, 0.1) is 11.7 Å². The lowest BCUT2D eigenvalue weighted by Crippen LogP contribution is -2.19. The quantitative estimate of drug-likeness (QED) is 0.772. The van der Waals surface area contributed by atoms with Gasteiger partial charge in [-0.05, 0) is 24.5 Å². The van der Waals surface area contributed by atoms with Crippen LogP contribution in [-0.2, 0) is 6.54 Å². The summed E-state index contributed by atoms with van der Waals surface area (Å²) in [6.07, 6.45) is 3.15. The number of hydrogen-bond donors (Lipinski definition) is 0. The molecule has 0 atom stereocenters. The van der Waals surface area contributed by atoms with Gasteiger partial charge in [-0.1, -0.05) is 13.8 Å². The number of fused-ring (bicyclic) bond motifs is 1. The summed E-state index contributed by atoms with van der Waals surface area (Å²) < 4.78 is 1.70. The Morgan fingerprint density at radius 3 is 2.62 bits per heavy atom. The number of hydrogen-bond acceptors (Lipinski definition) is 3. The Morgan fingerprint density at radius 1 is 1.31 bits per heavy atom. The molecular weight excluding hydrogens is 202 g/mol. The van der Waals surface area contributed by atoms with Crippen LogP contribution in [0.1, 0.15) is 32.3 Å². The maximum atomic E-state index is 11.6. The van der Waals surface area contributed by atoms with E-state index >= 15 is 0 Å². The zero-order chi connectivity index (χ0) is 11.7. The van der Waals surface area contributed by atoms with Crippen molar-refractivity contribution in [3.8, 4) is 0 Å². The summed E-state index contributed by atoms with van der Waals surface area (Å²) in [7, 11) is 0. The predicted octanol–water partition coefficient (Wildman–Crippen LogP) is 1.93. The molecule has 0 bridgehead atoms. The van der Waals surface area contributed by atoms with Crippen molar-refractivity contribution in [2.45, 2.75) is 33.2 Å². The number of pyridine rings is 1. The summed E-state index contributed by atoms with van der Waals surface area (Å²) in [6, 6.07) is 2.00. The molecule has 0 aliphatic heterocycles. The normalized spacial score (nSPS) is 11.2. The highest BCUT2D eigenvalue weighted by Crippen LogP contribution is 2.16. The van der Waals surface area contributed by atoms with E-state index in [9.17, 15) is 4.79 Å². The van der Waals surface area contributed by atoms with E-state index in [1.54, 1.807) is 4.57 Å². The third kappa shape index (κ3) is 1.71. The molecule has 0 saturated carbocycles. The Bertz CT molecular complexity index is 572. The first-order chi connectivity index (χ1) is 7.63. The van der Waals surface area contributed by atoms with Crippen LogP contribution in [0.3, 0.4) is 0 Å². The zero-order valence-electron chi connectivity index (χ0n) is 9.77. The van der Waals surface area contributed by atoms with Crippen molar-refractivity contribution in [1.82, 2.24) is 14.5 Å². The minimum Gasteiger partial charge on any atom is -0.304 e. The summed E-state index contributed by atoms with van der Waals surface area (Å²) in [5.74, 6) is 0.400. The fraction of sp³-hybridized carbons (Fsp3) is 0.417. The standard InChI is InChI=1S/C12H15N3O/c1-4-15-10-5-9(8(2)3)6-13-12(10)14-7-11(15)16/h5-8H,4H2,1-3H3. The Hall–Kier alpha value is -1.71. The van der Waals surface area contributed by atoms with Gasteiger partial charge in [0.15, 0.2) is 5.65 Å². The predicted molar refractivity (Wildman–Crippen MR) is 63.6 cm³/mol. The van der Waals surface area contributed by atoms with Crippen LogP contribution in [-0.4, -0.2) is 14.5 Å². The monoisotopic (exact) mass is 217 g/mol. The molecule has 0 spiro atoms. The molecule has 0 aromatic carbocycles. The second-order valence-electron chi connectivity index (χ2n) is 4.11. The van der Waals surface area contributed by atoms with Crippen molar-refractivity contribution in [1.29, 1.82) is 0 Å². The molecule has 2 aromatic rings. The molecular formula is C12H15N3O. The van der Waals surface area contributed by atoms with E-state index < -0.39 is 0 Å². The van der Waals surface area contributed by atoms with Crippen LogP contribution in [0.4, 0.5) is 0 Å². The summed E-state index contributed by atoms with van der Waals surface area (Å²) in [5, 5.41) is 0. The molecule has 0 N–H and O–H groups in total. The van der Waals surface area contributed by atoms with Crippen LogP contribution in [0, 0.1) is 0 Å². The first kappa shape index (κ1) is 10.8. The Morgan fingerprint density at radius 2 is 2.00 bits per heavy atom. The van der Waals surface area contributed by atoms with Crippen molar-refractivity contribution in [2.75, 3.05) is 0 Å². The molecule has 84 valence electrons. The van der Waals surface area contributed by atoms with Crippen LogP contribution in [0.5, 0.6) is 0 Å². The molecule has 0 radical (unpaired) electrons. The Balaban J connectivity index is 2.78. The molecule has 2 aromatic heterocycles. The SMILES string of the molecule is CCn1c(=O)cnc2ncc(C(C)C)cc21. The van der Waals surface area contributed by atoms with Gasteiger partial charge >= 0.3 is 0 Å². The number of aryl methyl sites for hydroxylation is 1. The third-order valence-corrected chi connectivity index (χ3v) is 2.71. The van der Waals surface area contributed by atoms with Crippen LogP contribution in [0.2, 0.25) is 0 Å². The van der Waals surface area contributed by atoms with Gasteiger partial charge in [0.2, 0.25) is 0 Å². The Labute approximate surface area is 94.0 Å². The molecule has 0 saturated heterocycles. The van der Waals surface area contributed by atoms with E-state index in [0.29, 0.717) is 18.1 Å². The molecule has 2 heterocycles. The minimum atomic E-state index is -0.0716. The van der Waals surface area contributed by atoms with Gasteiger partial charge in [-0.3, -0.25) is 4.79 Å². The highest BCUT2D eigenvalue weighted by Gasteiger charge is 2.06. The molecule has 0 aliphatic rings. The fourth-order valence-corrected chi connectivity index (χ4v) is 1.71. The smallest absolute Gasteiger partial charge is 0.269 e. The lowest BCUT2D eigenvalue weighted by molar-refractivity contribution is 0.748. The fourth-order valence-electron chi connectivity index (χ4n) is 1.71. The molecule has 0 unspecified atom stereocenters. The van der Waals surface area contributed by atoms with E-state index in [1.165, 1.54) is 6.20 Å². The highest BCUT2D eigenvalue weighted by atomic mass is 16.1. The number of nitrogens with zero attached hydrogens (tertiary/aromatic N) is 3. The van der Waals surface area contributed by atoms with Gasteiger partial charge in [-0.15, -0.1) is 0 Å². The van der Waals surface area contributed by atoms with Gasteiger partial charge in [0.1, 0.15) is 0 Å². The third-order valence-electron chi connectivity index (χ3n) is 2.71. The summed E-state index contributed by atoms with van der Waals surface area (Å²) in [5.41, 5.74) is 2.51. The molecule has 0 aliphatic carbocycles. The van der Waals surface area contributed by atoms with Crippen LogP contribution >= 0.6 is 0 Å². The highest BCUT2D eigenvalue weighted by molar-refractivity contribution is 5.70. The van der Waals surface area contributed by atoms with Crippen LogP contribution in [0.15, 0.2) is 23.3 Å². The van der Waals surface area contributed by atoms with Gasteiger partial charge in [-0.25, -0.2) is 9.97 Å². The number of rotatable bonds is 2. The van der Waals surface area contributed by atoms with Gasteiger partial charge in [0, 0.05) is 12.7 Å². The maximum absolute atomic E-state index is 11.6. The lowest BCUT2D eigenvalue weighted by atomic mass is 10.1. The van der Waals surface area contributed by atoms with Gasteiger partial charge in [-0.2, -0.15) is 0 Å².